The van der Waals surface area contributed by atoms with Crippen LogP contribution in [-0.4, -0.2) is 53.6 Å². The van der Waals surface area contributed by atoms with E-state index in [1.54, 1.807) is 4.90 Å². The van der Waals surface area contributed by atoms with Crippen molar-refractivity contribution in [2.75, 3.05) is 19.8 Å². The maximum absolute atomic E-state index is 11.9. The third-order valence-electron chi connectivity index (χ3n) is 2.47. The summed E-state index contributed by atoms with van der Waals surface area (Å²) >= 11 is 0. The predicted molar refractivity (Wildman–Crippen MR) is 59.2 cm³/mol. The second kappa shape index (κ2) is 5.01. The Bertz CT molecular complexity index is 249. The lowest BCUT2D eigenvalue weighted by Crippen LogP contribution is -2.55. The first-order chi connectivity index (χ1) is 7.35. The van der Waals surface area contributed by atoms with Crippen molar-refractivity contribution in [1.82, 2.24) is 4.90 Å². The number of nitrogens with zero attached hydrogens (tertiary/aromatic N) is 1. The van der Waals surface area contributed by atoms with Crippen molar-refractivity contribution in [3.63, 3.8) is 0 Å². The van der Waals surface area contributed by atoms with E-state index in [1.807, 2.05) is 27.7 Å². The molecule has 5 nitrogen and oxygen atoms in total. The largest absolute Gasteiger partial charge is 0.444 e. The molecule has 16 heavy (non-hydrogen) atoms. The van der Waals surface area contributed by atoms with Gasteiger partial charge in [-0.3, -0.25) is 4.90 Å². The Morgan fingerprint density at radius 1 is 1.56 bits per heavy atom. The number of rotatable bonds is 1. The molecule has 1 aliphatic heterocycles. The third kappa shape index (κ3) is 3.35. The van der Waals surface area contributed by atoms with Crippen molar-refractivity contribution in [2.24, 2.45) is 0 Å². The summed E-state index contributed by atoms with van der Waals surface area (Å²) in [5, 5.41) is 9.25. The predicted octanol–water partition coefficient (Wildman–Crippen LogP) is 1.00. The number of morpholine rings is 1. The second-order valence-electron chi connectivity index (χ2n) is 5.00. The number of ether oxygens (including phenoxy) is 2. The highest BCUT2D eigenvalue weighted by Crippen LogP contribution is 2.17. The molecular weight excluding hydrogens is 210 g/mol. The van der Waals surface area contributed by atoms with E-state index in [0.29, 0.717) is 13.2 Å². The van der Waals surface area contributed by atoms with E-state index >= 15 is 0 Å². The Morgan fingerprint density at radius 3 is 2.69 bits per heavy atom. The van der Waals surface area contributed by atoms with Crippen LogP contribution in [0.2, 0.25) is 0 Å². The van der Waals surface area contributed by atoms with Crippen LogP contribution in [0.25, 0.3) is 0 Å². The van der Waals surface area contributed by atoms with Gasteiger partial charge >= 0.3 is 6.09 Å². The highest BCUT2D eigenvalue weighted by molar-refractivity contribution is 5.68. The van der Waals surface area contributed by atoms with Crippen LogP contribution in [0.3, 0.4) is 0 Å². The molecule has 2 atom stereocenters. The first-order valence-corrected chi connectivity index (χ1v) is 5.57. The van der Waals surface area contributed by atoms with Gasteiger partial charge in [-0.25, -0.2) is 4.79 Å². The van der Waals surface area contributed by atoms with E-state index in [9.17, 15) is 9.90 Å². The first-order valence-electron chi connectivity index (χ1n) is 5.57. The number of carbonyl (C=O) groups excluding carboxylic acids is 1. The Kier molecular flexibility index (Phi) is 4.15. The number of aliphatic hydroxyl groups excluding tert-OH is 1. The van der Waals surface area contributed by atoms with Crippen LogP contribution in [0.15, 0.2) is 0 Å². The van der Waals surface area contributed by atoms with Crippen molar-refractivity contribution in [2.45, 2.75) is 45.4 Å². The topological polar surface area (TPSA) is 59.0 Å². The van der Waals surface area contributed by atoms with Gasteiger partial charge in [0.15, 0.2) is 0 Å². The summed E-state index contributed by atoms with van der Waals surface area (Å²) in [6.45, 7) is 8.15. The minimum atomic E-state index is -0.515. The molecule has 0 radical (unpaired) electrons. The Labute approximate surface area is 96.3 Å². The van der Waals surface area contributed by atoms with Crippen LogP contribution in [-0.2, 0) is 9.47 Å². The number of aliphatic hydroxyl groups is 1. The molecule has 1 N–H and O–H groups in total. The van der Waals surface area contributed by atoms with Gasteiger partial charge in [0, 0.05) is 6.54 Å². The average Bonchev–Trinajstić information content (AvgIpc) is 2.14. The maximum Gasteiger partial charge on any atom is 0.410 e. The lowest BCUT2D eigenvalue weighted by Gasteiger charge is -2.39. The molecule has 0 aliphatic carbocycles. The summed E-state index contributed by atoms with van der Waals surface area (Å²) < 4.78 is 10.7. The maximum atomic E-state index is 11.9. The Balaban J connectivity index is 2.66. The standard InChI is InChI=1S/C11H21NO4/c1-8-9(7-13)12(5-6-15-8)10(14)16-11(2,3)4/h8-9,13H,5-7H2,1-4H3. The fraction of sp³-hybridized carbons (Fsp3) is 0.909. The molecule has 1 rings (SSSR count). The number of hydrogen-bond acceptors (Lipinski definition) is 4. The van der Waals surface area contributed by atoms with Gasteiger partial charge in [0.25, 0.3) is 0 Å². The highest BCUT2D eigenvalue weighted by atomic mass is 16.6. The SMILES string of the molecule is CC1OCCN(C(=O)OC(C)(C)C)C1CO. The molecule has 1 fully saturated rings. The molecule has 1 heterocycles. The summed E-state index contributed by atoms with van der Waals surface area (Å²) in [7, 11) is 0. The van der Waals surface area contributed by atoms with E-state index in [0.717, 1.165) is 0 Å². The summed E-state index contributed by atoms with van der Waals surface area (Å²) in [5.41, 5.74) is -0.515. The van der Waals surface area contributed by atoms with E-state index in [1.165, 1.54) is 0 Å². The van der Waals surface area contributed by atoms with Crippen molar-refractivity contribution >= 4 is 6.09 Å². The molecule has 0 aromatic carbocycles. The highest BCUT2D eigenvalue weighted by Gasteiger charge is 2.34. The van der Waals surface area contributed by atoms with Gasteiger partial charge in [-0.2, -0.15) is 0 Å². The zero-order valence-electron chi connectivity index (χ0n) is 10.4. The zero-order valence-corrected chi connectivity index (χ0v) is 10.4. The molecule has 1 aliphatic rings. The molecule has 0 spiro atoms. The lowest BCUT2D eigenvalue weighted by atomic mass is 10.1. The molecular formula is C11H21NO4. The van der Waals surface area contributed by atoms with Gasteiger partial charge in [0.2, 0.25) is 0 Å². The van der Waals surface area contributed by atoms with Crippen molar-refractivity contribution in [1.29, 1.82) is 0 Å². The molecule has 1 saturated heterocycles. The fourth-order valence-electron chi connectivity index (χ4n) is 1.66. The smallest absolute Gasteiger partial charge is 0.410 e. The molecule has 1 amide bonds. The monoisotopic (exact) mass is 231 g/mol. The second-order valence-corrected chi connectivity index (χ2v) is 5.00. The van der Waals surface area contributed by atoms with Gasteiger partial charge in [-0.05, 0) is 27.7 Å². The number of hydrogen-bond donors (Lipinski definition) is 1. The summed E-state index contributed by atoms with van der Waals surface area (Å²) in [6.07, 6.45) is -0.548. The van der Waals surface area contributed by atoms with Gasteiger partial charge in [-0.15, -0.1) is 0 Å². The molecule has 5 heteroatoms. The minimum Gasteiger partial charge on any atom is -0.444 e. The van der Waals surface area contributed by atoms with Crippen LogP contribution in [0, 0.1) is 0 Å². The van der Waals surface area contributed by atoms with Crippen LogP contribution in [0.4, 0.5) is 4.79 Å². The first kappa shape index (κ1) is 13.3. The minimum absolute atomic E-state index is 0.111. The average molecular weight is 231 g/mol. The van der Waals surface area contributed by atoms with Gasteiger partial charge < -0.3 is 14.6 Å². The van der Waals surface area contributed by atoms with Crippen LogP contribution < -0.4 is 0 Å². The van der Waals surface area contributed by atoms with Crippen molar-refractivity contribution in [3.8, 4) is 0 Å². The zero-order chi connectivity index (χ0) is 12.3. The van der Waals surface area contributed by atoms with E-state index in [-0.39, 0.29) is 24.8 Å². The fourth-order valence-corrected chi connectivity index (χ4v) is 1.66. The van der Waals surface area contributed by atoms with Gasteiger partial charge in [0.05, 0.1) is 25.4 Å². The van der Waals surface area contributed by atoms with Crippen LogP contribution in [0.5, 0.6) is 0 Å². The number of carbonyl (C=O) groups is 1. The molecule has 0 aromatic rings. The van der Waals surface area contributed by atoms with Crippen LogP contribution >= 0.6 is 0 Å². The summed E-state index contributed by atoms with van der Waals surface area (Å²) in [6, 6.07) is -0.316. The van der Waals surface area contributed by atoms with Gasteiger partial charge in [0.1, 0.15) is 5.60 Å². The number of amides is 1. The Hall–Kier alpha value is -0.810. The quantitative estimate of drug-likeness (QED) is 0.731. The van der Waals surface area contributed by atoms with Crippen molar-refractivity contribution in [3.05, 3.63) is 0 Å². The lowest BCUT2D eigenvalue weighted by molar-refractivity contribution is -0.0809. The van der Waals surface area contributed by atoms with E-state index < -0.39 is 5.60 Å². The summed E-state index contributed by atoms with van der Waals surface area (Å²) in [4.78, 5) is 13.4. The van der Waals surface area contributed by atoms with Crippen molar-refractivity contribution < 1.29 is 19.4 Å². The third-order valence-corrected chi connectivity index (χ3v) is 2.47. The van der Waals surface area contributed by atoms with E-state index in [2.05, 4.69) is 0 Å². The Morgan fingerprint density at radius 2 is 2.19 bits per heavy atom. The molecule has 94 valence electrons. The molecule has 2 unspecified atom stereocenters. The van der Waals surface area contributed by atoms with E-state index in [4.69, 9.17) is 9.47 Å². The molecule has 0 saturated carbocycles. The molecule has 0 aromatic heterocycles. The van der Waals surface area contributed by atoms with Crippen LogP contribution in [0.1, 0.15) is 27.7 Å². The molecule has 0 bridgehead atoms. The van der Waals surface area contributed by atoms with Gasteiger partial charge in [-0.1, -0.05) is 0 Å². The summed E-state index contributed by atoms with van der Waals surface area (Å²) in [5.74, 6) is 0. The normalized spacial score (nSPS) is 26.7.